The van der Waals surface area contributed by atoms with Crippen LogP contribution in [0.3, 0.4) is 0 Å². The van der Waals surface area contributed by atoms with Crippen molar-refractivity contribution in [3.05, 3.63) is 46.0 Å². The summed E-state index contributed by atoms with van der Waals surface area (Å²) >= 11 is 12.2. The van der Waals surface area contributed by atoms with E-state index in [1.54, 1.807) is 17.0 Å². The standard InChI is InChI=1S/C20H25Cl2NO3/c1-14(24)7-8-20(15-5-6-16(21)17(22)13-15)9-11-23(12-10-20)18(25)26-19(2,3)4/h5-8,13H,9-12H2,1-4H3/b8-7+. The van der Waals surface area contributed by atoms with Crippen molar-refractivity contribution in [2.24, 2.45) is 0 Å². The first-order valence-electron chi connectivity index (χ1n) is 8.66. The molecule has 1 aromatic rings. The van der Waals surface area contributed by atoms with E-state index in [2.05, 4.69) is 0 Å². The number of carbonyl (C=O) groups is 2. The fourth-order valence-electron chi connectivity index (χ4n) is 3.05. The Labute approximate surface area is 165 Å². The molecule has 0 unspecified atom stereocenters. The van der Waals surface area contributed by atoms with Crippen LogP contribution in [0.15, 0.2) is 30.4 Å². The molecule has 0 radical (unpaired) electrons. The summed E-state index contributed by atoms with van der Waals surface area (Å²) in [6.07, 6.45) is 4.56. The summed E-state index contributed by atoms with van der Waals surface area (Å²) < 4.78 is 5.46. The van der Waals surface area contributed by atoms with Crippen molar-refractivity contribution >= 4 is 35.1 Å². The summed E-state index contributed by atoms with van der Waals surface area (Å²) in [4.78, 5) is 25.5. The number of piperidine rings is 1. The van der Waals surface area contributed by atoms with E-state index in [0.29, 0.717) is 36.0 Å². The maximum absolute atomic E-state index is 12.3. The van der Waals surface area contributed by atoms with E-state index < -0.39 is 5.60 Å². The van der Waals surface area contributed by atoms with Crippen molar-refractivity contribution in [2.45, 2.75) is 51.6 Å². The zero-order valence-electron chi connectivity index (χ0n) is 15.6. The van der Waals surface area contributed by atoms with Crippen LogP contribution in [0.2, 0.25) is 10.0 Å². The molecule has 4 nitrogen and oxygen atoms in total. The Kier molecular flexibility index (Phi) is 6.41. The van der Waals surface area contributed by atoms with E-state index in [9.17, 15) is 9.59 Å². The molecule has 0 saturated carbocycles. The largest absolute Gasteiger partial charge is 0.444 e. The topological polar surface area (TPSA) is 46.6 Å². The molecular formula is C20H25Cl2NO3. The summed E-state index contributed by atoms with van der Waals surface area (Å²) in [6, 6.07) is 5.54. The predicted octanol–water partition coefficient (Wildman–Crippen LogP) is 5.41. The highest BCUT2D eigenvalue weighted by atomic mass is 35.5. The minimum absolute atomic E-state index is 0.0148. The molecule has 1 aromatic carbocycles. The first-order chi connectivity index (χ1) is 12.0. The van der Waals surface area contributed by atoms with Crippen LogP contribution in [0.25, 0.3) is 0 Å². The number of hydrogen-bond acceptors (Lipinski definition) is 3. The molecule has 6 heteroatoms. The van der Waals surface area contributed by atoms with Crippen LogP contribution in [0.5, 0.6) is 0 Å². The van der Waals surface area contributed by atoms with Gasteiger partial charge in [-0.1, -0.05) is 35.3 Å². The van der Waals surface area contributed by atoms with E-state index in [4.69, 9.17) is 27.9 Å². The lowest BCUT2D eigenvalue weighted by Gasteiger charge is -2.41. The van der Waals surface area contributed by atoms with E-state index in [-0.39, 0.29) is 17.3 Å². The Morgan fingerprint density at radius 1 is 1.15 bits per heavy atom. The van der Waals surface area contributed by atoms with Crippen LogP contribution < -0.4 is 0 Å². The van der Waals surface area contributed by atoms with Crippen LogP contribution in [0.4, 0.5) is 4.79 Å². The van der Waals surface area contributed by atoms with Crippen molar-refractivity contribution in [2.75, 3.05) is 13.1 Å². The van der Waals surface area contributed by atoms with E-state index in [1.165, 1.54) is 6.92 Å². The number of ketones is 1. The SMILES string of the molecule is CC(=O)/C=C/C1(c2ccc(Cl)c(Cl)c2)CCN(C(=O)OC(C)(C)C)CC1. The average Bonchev–Trinajstić information content (AvgIpc) is 2.54. The zero-order valence-corrected chi connectivity index (χ0v) is 17.2. The fourth-order valence-corrected chi connectivity index (χ4v) is 3.35. The van der Waals surface area contributed by atoms with Crippen molar-refractivity contribution in [3.8, 4) is 0 Å². The maximum Gasteiger partial charge on any atom is 0.410 e. The van der Waals surface area contributed by atoms with E-state index in [0.717, 1.165) is 5.56 Å². The molecule has 1 aliphatic heterocycles. The van der Waals surface area contributed by atoms with Gasteiger partial charge in [0.2, 0.25) is 0 Å². The molecule has 1 aliphatic rings. The minimum atomic E-state index is -0.524. The van der Waals surface area contributed by atoms with Gasteiger partial charge in [-0.2, -0.15) is 0 Å². The second kappa shape index (κ2) is 8.01. The highest BCUT2D eigenvalue weighted by Crippen LogP contribution is 2.39. The molecule has 0 spiro atoms. The fraction of sp³-hybridized carbons (Fsp3) is 0.500. The highest BCUT2D eigenvalue weighted by molar-refractivity contribution is 6.42. The molecule has 0 atom stereocenters. The number of amides is 1. The lowest BCUT2D eigenvalue weighted by molar-refractivity contribution is -0.112. The Morgan fingerprint density at radius 2 is 1.77 bits per heavy atom. The molecule has 2 rings (SSSR count). The third-order valence-electron chi connectivity index (χ3n) is 4.44. The van der Waals surface area contributed by atoms with Gasteiger partial charge in [0.25, 0.3) is 0 Å². The predicted molar refractivity (Wildman–Crippen MR) is 105 cm³/mol. The van der Waals surface area contributed by atoms with Gasteiger partial charge >= 0.3 is 6.09 Å². The first-order valence-corrected chi connectivity index (χ1v) is 9.41. The van der Waals surface area contributed by atoms with Gasteiger partial charge in [-0.15, -0.1) is 0 Å². The van der Waals surface area contributed by atoms with Crippen LogP contribution >= 0.6 is 23.2 Å². The second-order valence-electron chi connectivity index (χ2n) is 7.70. The Bertz CT molecular complexity index is 714. The number of rotatable bonds is 3. The zero-order chi connectivity index (χ0) is 19.5. The summed E-state index contributed by atoms with van der Waals surface area (Å²) in [5.41, 5.74) is 0.107. The lowest BCUT2D eigenvalue weighted by atomic mass is 9.72. The monoisotopic (exact) mass is 397 g/mol. The molecule has 0 N–H and O–H groups in total. The van der Waals surface area contributed by atoms with Crippen molar-refractivity contribution in [1.82, 2.24) is 4.90 Å². The smallest absolute Gasteiger partial charge is 0.410 e. The third-order valence-corrected chi connectivity index (χ3v) is 5.18. The number of halogens is 2. The Balaban J connectivity index is 2.25. The second-order valence-corrected chi connectivity index (χ2v) is 8.51. The Morgan fingerprint density at radius 3 is 2.27 bits per heavy atom. The number of nitrogens with zero attached hydrogens (tertiary/aromatic N) is 1. The van der Waals surface area contributed by atoms with Crippen LogP contribution in [0.1, 0.15) is 46.1 Å². The quantitative estimate of drug-likeness (QED) is 0.640. The van der Waals surface area contributed by atoms with Crippen LogP contribution in [-0.4, -0.2) is 35.5 Å². The number of benzene rings is 1. The van der Waals surface area contributed by atoms with Gasteiger partial charge in [-0.05, 0) is 64.3 Å². The molecule has 1 heterocycles. The van der Waals surface area contributed by atoms with E-state index in [1.807, 2.05) is 39.0 Å². The minimum Gasteiger partial charge on any atom is -0.444 e. The van der Waals surface area contributed by atoms with Gasteiger partial charge in [0, 0.05) is 18.5 Å². The molecule has 1 saturated heterocycles. The highest BCUT2D eigenvalue weighted by Gasteiger charge is 2.37. The normalized spacial score (nSPS) is 17.4. The summed E-state index contributed by atoms with van der Waals surface area (Å²) in [6.45, 7) is 8.16. The van der Waals surface area contributed by atoms with Gasteiger partial charge < -0.3 is 9.64 Å². The van der Waals surface area contributed by atoms with Crippen LogP contribution in [-0.2, 0) is 14.9 Å². The van der Waals surface area contributed by atoms with Gasteiger partial charge in [0.15, 0.2) is 5.78 Å². The van der Waals surface area contributed by atoms with Crippen LogP contribution in [0, 0.1) is 0 Å². The first kappa shape index (κ1) is 20.8. The van der Waals surface area contributed by atoms with E-state index >= 15 is 0 Å². The van der Waals surface area contributed by atoms with Crippen molar-refractivity contribution < 1.29 is 14.3 Å². The number of carbonyl (C=O) groups excluding carboxylic acids is 2. The van der Waals surface area contributed by atoms with Crippen molar-refractivity contribution in [3.63, 3.8) is 0 Å². The lowest BCUT2D eigenvalue weighted by Crippen LogP contribution is -2.46. The molecular weight excluding hydrogens is 373 g/mol. The number of likely N-dealkylation sites (tertiary alicyclic amines) is 1. The molecule has 26 heavy (non-hydrogen) atoms. The number of hydrogen-bond donors (Lipinski definition) is 0. The third kappa shape index (κ3) is 5.24. The van der Waals surface area contributed by atoms with Gasteiger partial charge in [-0.25, -0.2) is 4.79 Å². The average molecular weight is 398 g/mol. The Hall–Kier alpha value is -1.52. The van der Waals surface area contributed by atoms with Gasteiger partial charge in [0.1, 0.15) is 5.60 Å². The van der Waals surface area contributed by atoms with Gasteiger partial charge in [-0.3, -0.25) is 4.79 Å². The molecule has 1 fully saturated rings. The molecule has 0 bridgehead atoms. The summed E-state index contributed by atoms with van der Waals surface area (Å²) in [5.74, 6) is -0.0148. The molecule has 1 amide bonds. The summed E-state index contributed by atoms with van der Waals surface area (Å²) in [7, 11) is 0. The molecule has 0 aromatic heterocycles. The number of ether oxygens (including phenoxy) is 1. The van der Waals surface area contributed by atoms with Crippen molar-refractivity contribution in [1.29, 1.82) is 0 Å². The summed E-state index contributed by atoms with van der Waals surface area (Å²) in [5, 5.41) is 0.974. The maximum atomic E-state index is 12.3. The molecule has 142 valence electrons. The number of allylic oxidation sites excluding steroid dienone is 2. The molecule has 0 aliphatic carbocycles. The van der Waals surface area contributed by atoms with Gasteiger partial charge in [0.05, 0.1) is 10.0 Å².